The third-order valence-corrected chi connectivity index (χ3v) is 7.68. The van der Waals surface area contributed by atoms with E-state index in [9.17, 15) is 9.59 Å². The van der Waals surface area contributed by atoms with Crippen LogP contribution in [0.25, 0.3) is 0 Å². The van der Waals surface area contributed by atoms with E-state index in [-0.39, 0.29) is 18.0 Å². The number of nitrogens with zero attached hydrogens (tertiary/aromatic N) is 6. The van der Waals surface area contributed by atoms with E-state index in [1.807, 2.05) is 23.1 Å². The van der Waals surface area contributed by atoms with Crippen molar-refractivity contribution in [3.8, 4) is 5.75 Å². The van der Waals surface area contributed by atoms with Crippen molar-refractivity contribution >= 4 is 46.5 Å². The van der Waals surface area contributed by atoms with E-state index in [0.29, 0.717) is 35.4 Å². The molecule has 2 fully saturated rings. The highest BCUT2D eigenvalue weighted by Gasteiger charge is 2.41. The molecule has 1 saturated carbocycles. The van der Waals surface area contributed by atoms with Gasteiger partial charge in [0.05, 0.1) is 25.0 Å². The molecule has 0 bridgehead atoms. The van der Waals surface area contributed by atoms with Crippen LogP contribution in [0, 0.1) is 0 Å². The molecule has 11 heteroatoms. The molecular formula is C30H34N8O3. The standard InChI is InChI=1S/C30H34N8O3/c1-4-27(39)32-21-6-5-7-24(16-21)38-28-20(19-37(30(38)40)22-8-9-22)18-31-29(34-28)33-25-11-10-23(17-26(25)41-3)36-14-12-35(2)13-15-36/h4-7,10-11,16-18,22H,1,8-9,12-15,19H2,2-3H3,(H,32,39)(H,31,33,34). The number of likely N-dealkylation sites (N-methyl/N-ethyl adjacent to an activating group) is 1. The quantitative estimate of drug-likeness (QED) is 0.396. The van der Waals surface area contributed by atoms with E-state index in [1.54, 1.807) is 36.4 Å². The van der Waals surface area contributed by atoms with Crippen LogP contribution in [0.3, 0.4) is 0 Å². The molecule has 6 rings (SSSR count). The zero-order chi connectivity index (χ0) is 28.5. The van der Waals surface area contributed by atoms with Crippen molar-refractivity contribution in [3.05, 3.63) is 66.9 Å². The number of urea groups is 1. The summed E-state index contributed by atoms with van der Waals surface area (Å²) >= 11 is 0. The van der Waals surface area contributed by atoms with Crippen molar-refractivity contribution in [2.45, 2.75) is 25.4 Å². The molecule has 1 aromatic heterocycles. The largest absolute Gasteiger partial charge is 0.494 e. The van der Waals surface area contributed by atoms with Gasteiger partial charge in [0.25, 0.3) is 0 Å². The lowest BCUT2D eigenvalue weighted by atomic mass is 10.1. The first-order valence-electron chi connectivity index (χ1n) is 13.8. The second-order valence-electron chi connectivity index (χ2n) is 10.6. The average molecular weight is 555 g/mol. The van der Waals surface area contributed by atoms with Gasteiger partial charge < -0.3 is 30.1 Å². The predicted octanol–water partition coefficient (Wildman–Crippen LogP) is 4.34. The summed E-state index contributed by atoms with van der Waals surface area (Å²) in [6.07, 6.45) is 4.94. The summed E-state index contributed by atoms with van der Waals surface area (Å²) in [6.45, 7) is 7.91. The number of fused-ring (bicyclic) bond motifs is 1. The number of aromatic nitrogens is 2. The van der Waals surface area contributed by atoms with Crippen molar-refractivity contribution in [2.24, 2.45) is 0 Å². The molecule has 41 heavy (non-hydrogen) atoms. The van der Waals surface area contributed by atoms with Gasteiger partial charge in [0, 0.05) is 61.4 Å². The van der Waals surface area contributed by atoms with Crippen LogP contribution < -0.4 is 25.2 Å². The monoisotopic (exact) mass is 554 g/mol. The van der Waals surface area contributed by atoms with E-state index in [1.165, 1.54) is 6.08 Å². The number of amides is 3. The first kappa shape index (κ1) is 26.6. The van der Waals surface area contributed by atoms with Gasteiger partial charge in [-0.3, -0.25) is 4.79 Å². The SMILES string of the molecule is C=CC(=O)Nc1cccc(N2C(=O)N(C3CC3)Cc3cnc(Nc4ccc(N5CCN(C)CC5)cc4OC)nc32)c1. The number of ether oxygens (including phenoxy) is 1. The number of anilines is 6. The van der Waals surface area contributed by atoms with Crippen LogP contribution in [0.15, 0.2) is 61.3 Å². The van der Waals surface area contributed by atoms with E-state index >= 15 is 0 Å². The van der Waals surface area contributed by atoms with Crippen LogP contribution in [0.2, 0.25) is 0 Å². The Bertz CT molecular complexity index is 1480. The zero-order valence-corrected chi connectivity index (χ0v) is 23.3. The number of piperazine rings is 1. The first-order chi connectivity index (χ1) is 19.9. The molecule has 1 aliphatic carbocycles. The number of hydrogen-bond acceptors (Lipinski definition) is 8. The van der Waals surface area contributed by atoms with Gasteiger partial charge in [-0.2, -0.15) is 4.98 Å². The Morgan fingerprint density at radius 1 is 1.10 bits per heavy atom. The molecule has 2 N–H and O–H groups in total. The molecule has 2 aliphatic heterocycles. The maximum atomic E-state index is 13.8. The van der Waals surface area contributed by atoms with Crippen molar-refractivity contribution in [3.63, 3.8) is 0 Å². The van der Waals surface area contributed by atoms with Gasteiger partial charge in [-0.15, -0.1) is 0 Å². The molecule has 0 radical (unpaired) electrons. The zero-order valence-electron chi connectivity index (χ0n) is 23.3. The van der Waals surface area contributed by atoms with Gasteiger partial charge in [-0.05, 0) is 56.3 Å². The van der Waals surface area contributed by atoms with Crippen molar-refractivity contribution in [1.29, 1.82) is 0 Å². The maximum absolute atomic E-state index is 13.8. The molecule has 0 unspecified atom stereocenters. The minimum atomic E-state index is -0.325. The lowest BCUT2D eigenvalue weighted by Crippen LogP contribution is -2.46. The fraction of sp³-hybridized carbons (Fsp3) is 0.333. The lowest BCUT2D eigenvalue weighted by molar-refractivity contribution is -0.111. The number of nitrogens with one attached hydrogen (secondary N) is 2. The minimum absolute atomic E-state index is 0.147. The second-order valence-corrected chi connectivity index (χ2v) is 10.6. The van der Waals surface area contributed by atoms with Gasteiger partial charge >= 0.3 is 6.03 Å². The molecule has 0 atom stereocenters. The average Bonchev–Trinajstić information content (AvgIpc) is 3.83. The van der Waals surface area contributed by atoms with Crippen molar-refractivity contribution < 1.29 is 14.3 Å². The summed E-state index contributed by atoms with van der Waals surface area (Å²) in [4.78, 5) is 43.2. The molecule has 3 aromatic rings. The summed E-state index contributed by atoms with van der Waals surface area (Å²) in [5.74, 6) is 1.21. The highest BCUT2D eigenvalue weighted by Crippen LogP contribution is 2.40. The normalized spacial score (nSPS) is 17.2. The number of carbonyl (C=O) groups is 2. The highest BCUT2D eigenvalue weighted by atomic mass is 16.5. The third-order valence-electron chi connectivity index (χ3n) is 7.68. The fourth-order valence-corrected chi connectivity index (χ4v) is 5.22. The number of carbonyl (C=O) groups excluding carboxylic acids is 2. The summed E-state index contributed by atoms with van der Waals surface area (Å²) in [6, 6.07) is 13.3. The summed E-state index contributed by atoms with van der Waals surface area (Å²) < 4.78 is 5.72. The van der Waals surface area contributed by atoms with Crippen LogP contribution in [-0.4, -0.2) is 78.1 Å². The Morgan fingerprint density at radius 3 is 2.63 bits per heavy atom. The maximum Gasteiger partial charge on any atom is 0.330 e. The smallest absolute Gasteiger partial charge is 0.330 e. The molecule has 212 valence electrons. The van der Waals surface area contributed by atoms with Crippen LogP contribution in [0.5, 0.6) is 5.75 Å². The molecule has 11 nitrogen and oxygen atoms in total. The Morgan fingerprint density at radius 2 is 1.90 bits per heavy atom. The Labute approximate surface area is 239 Å². The van der Waals surface area contributed by atoms with Gasteiger partial charge in [0.15, 0.2) is 5.82 Å². The molecule has 1 saturated heterocycles. The summed E-state index contributed by atoms with van der Waals surface area (Å²) in [5, 5.41) is 6.07. The summed E-state index contributed by atoms with van der Waals surface area (Å²) in [7, 11) is 3.78. The van der Waals surface area contributed by atoms with Crippen LogP contribution in [0.1, 0.15) is 18.4 Å². The van der Waals surface area contributed by atoms with E-state index in [2.05, 4.69) is 45.1 Å². The molecule has 3 amide bonds. The van der Waals surface area contributed by atoms with Crippen LogP contribution in [-0.2, 0) is 11.3 Å². The van der Waals surface area contributed by atoms with E-state index in [0.717, 1.165) is 56.0 Å². The fourth-order valence-electron chi connectivity index (χ4n) is 5.22. The number of hydrogen-bond donors (Lipinski definition) is 2. The molecule has 3 aliphatic rings. The number of methoxy groups -OCH3 is 1. The van der Waals surface area contributed by atoms with Gasteiger partial charge in [-0.25, -0.2) is 14.7 Å². The van der Waals surface area contributed by atoms with Crippen molar-refractivity contribution in [2.75, 3.05) is 60.8 Å². The Kier molecular flexibility index (Phi) is 7.19. The van der Waals surface area contributed by atoms with Gasteiger partial charge in [0.1, 0.15) is 5.75 Å². The van der Waals surface area contributed by atoms with Crippen molar-refractivity contribution in [1.82, 2.24) is 19.8 Å². The van der Waals surface area contributed by atoms with E-state index < -0.39 is 0 Å². The number of rotatable bonds is 8. The highest BCUT2D eigenvalue weighted by molar-refractivity contribution is 6.03. The topological polar surface area (TPSA) is 106 Å². The molecule has 3 heterocycles. The van der Waals surface area contributed by atoms with Gasteiger partial charge in [-0.1, -0.05) is 12.6 Å². The predicted molar refractivity (Wildman–Crippen MR) is 159 cm³/mol. The molecule has 2 aromatic carbocycles. The lowest BCUT2D eigenvalue weighted by Gasteiger charge is -2.36. The second kappa shape index (κ2) is 11.1. The van der Waals surface area contributed by atoms with Crippen LogP contribution in [0.4, 0.5) is 39.3 Å². The number of benzene rings is 2. The molecular weight excluding hydrogens is 520 g/mol. The first-order valence-corrected chi connectivity index (χ1v) is 13.8. The molecule has 0 spiro atoms. The third kappa shape index (κ3) is 5.53. The van der Waals surface area contributed by atoms with Crippen LogP contribution >= 0.6 is 0 Å². The Balaban J connectivity index is 1.31. The van der Waals surface area contributed by atoms with Gasteiger partial charge in [0.2, 0.25) is 11.9 Å². The van der Waals surface area contributed by atoms with E-state index in [4.69, 9.17) is 9.72 Å². The minimum Gasteiger partial charge on any atom is -0.494 e. The summed E-state index contributed by atoms with van der Waals surface area (Å²) in [5.41, 5.74) is 3.84. The Hall–Kier alpha value is -4.64.